The zero-order chi connectivity index (χ0) is 13.7. The van der Waals surface area contributed by atoms with E-state index in [9.17, 15) is 4.79 Å². The monoisotopic (exact) mass is 341 g/mol. The minimum absolute atomic E-state index is 0. The molecular weight excluding hydrogens is 313 g/mol. The maximum Gasteiger partial charge on any atom is 0.237 e. The molecule has 1 amide bonds. The average molecular weight is 342 g/mol. The predicted molar refractivity (Wildman–Crippen MR) is 89.6 cm³/mol. The molecule has 0 aromatic heterocycles. The van der Waals surface area contributed by atoms with E-state index < -0.39 is 0 Å². The second-order valence-electron chi connectivity index (χ2n) is 5.95. The van der Waals surface area contributed by atoms with Gasteiger partial charge in [0.2, 0.25) is 5.91 Å². The number of nitrogens with one attached hydrogen (secondary N) is 2. The number of nitrogens with zero attached hydrogens (tertiary/aromatic N) is 1. The number of carbonyl (C=O) groups excluding carboxylic acids is 1. The molecule has 7 heteroatoms. The van der Waals surface area contributed by atoms with E-state index in [1.165, 1.54) is 6.42 Å². The predicted octanol–water partition coefficient (Wildman–Crippen LogP) is 1.20. The van der Waals surface area contributed by atoms with Crippen molar-refractivity contribution in [3.63, 3.8) is 0 Å². The first kappa shape index (κ1) is 20.9. The van der Waals surface area contributed by atoms with Gasteiger partial charge in [0.1, 0.15) is 0 Å². The third-order valence-corrected chi connectivity index (χ3v) is 4.59. The number of piperidine rings is 1. The van der Waals surface area contributed by atoms with E-state index in [0.717, 1.165) is 52.0 Å². The SMILES string of the molecule is CN(C)C1(CNC(=O)[C@H]2CCCCN2)CCOCC1.Cl.Cl. The summed E-state index contributed by atoms with van der Waals surface area (Å²) in [5.74, 6) is 0.160. The third kappa shape index (κ3) is 5.57. The van der Waals surface area contributed by atoms with Crippen molar-refractivity contribution in [1.82, 2.24) is 15.5 Å². The zero-order valence-corrected chi connectivity index (χ0v) is 14.7. The fourth-order valence-electron chi connectivity index (χ4n) is 2.98. The Morgan fingerprint density at radius 3 is 2.48 bits per heavy atom. The Bertz CT molecular complexity index is 305. The largest absolute Gasteiger partial charge is 0.381 e. The van der Waals surface area contributed by atoms with Crippen LogP contribution in [0.15, 0.2) is 0 Å². The summed E-state index contributed by atoms with van der Waals surface area (Å²) in [7, 11) is 4.19. The summed E-state index contributed by atoms with van der Waals surface area (Å²) in [6.45, 7) is 3.26. The van der Waals surface area contributed by atoms with E-state index in [1.54, 1.807) is 0 Å². The minimum atomic E-state index is 0. The molecule has 5 nitrogen and oxygen atoms in total. The van der Waals surface area contributed by atoms with E-state index in [2.05, 4.69) is 29.6 Å². The summed E-state index contributed by atoms with van der Waals surface area (Å²) in [6.07, 6.45) is 5.27. The molecule has 0 bridgehead atoms. The maximum atomic E-state index is 12.2. The van der Waals surface area contributed by atoms with Gasteiger partial charge in [-0.1, -0.05) is 6.42 Å². The number of hydrogen-bond acceptors (Lipinski definition) is 4. The van der Waals surface area contributed by atoms with Gasteiger partial charge >= 0.3 is 0 Å². The fourth-order valence-corrected chi connectivity index (χ4v) is 2.98. The lowest BCUT2D eigenvalue weighted by Gasteiger charge is -2.43. The molecule has 2 saturated heterocycles. The van der Waals surface area contributed by atoms with Crippen molar-refractivity contribution in [3.8, 4) is 0 Å². The average Bonchev–Trinajstić information content (AvgIpc) is 2.46. The summed E-state index contributed by atoms with van der Waals surface area (Å²) >= 11 is 0. The molecule has 0 radical (unpaired) electrons. The number of carbonyl (C=O) groups is 1. The lowest BCUT2D eigenvalue weighted by atomic mass is 9.88. The highest BCUT2D eigenvalue weighted by Crippen LogP contribution is 2.25. The smallest absolute Gasteiger partial charge is 0.237 e. The number of likely N-dealkylation sites (N-methyl/N-ethyl adjacent to an activating group) is 1. The molecule has 2 fully saturated rings. The highest BCUT2D eigenvalue weighted by atomic mass is 35.5. The zero-order valence-electron chi connectivity index (χ0n) is 13.0. The van der Waals surface area contributed by atoms with Gasteiger partial charge in [-0.3, -0.25) is 4.79 Å². The van der Waals surface area contributed by atoms with Crippen molar-refractivity contribution in [3.05, 3.63) is 0 Å². The number of hydrogen-bond donors (Lipinski definition) is 2. The second-order valence-corrected chi connectivity index (χ2v) is 5.95. The van der Waals surface area contributed by atoms with Gasteiger partial charge in [-0.05, 0) is 46.3 Å². The highest BCUT2D eigenvalue weighted by molar-refractivity contribution is 5.85. The molecule has 0 aromatic carbocycles. The van der Waals surface area contributed by atoms with Crippen LogP contribution in [0.5, 0.6) is 0 Å². The van der Waals surface area contributed by atoms with Gasteiger partial charge in [0.15, 0.2) is 0 Å². The van der Waals surface area contributed by atoms with Crippen molar-refractivity contribution in [1.29, 1.82) is 0 Å². The van der Waals surface area contributed by atoms with Crippen LogP contribution in [-0.2, 0) is 9.53 Å². The fraction of sp³-hybridized carbons (Fsp3) is 0.929. The first-order valence-corrected chi connectivity index (χ1v) is 7.40. The van der Waals surface area contributed by atoms with E-state index in [1.807, 2.05) is 0 Å². The Morgan fingerprint density at radius 1 is 1.29 bits per heavy atom. The van der Waals surface area contributed by atoms with Crippen molar-refractivity contribution in [2.24, 2.45) is 0 Å². The molecule has 21 heavy (non-hydrogen) atoms. The van der Waals surface area contributed by atoms with Crippen LogP contribution >= 0.6 is 24.8 Å². The molecule has 0 spiro atoms. The van der Waals surface area contributed by atoms with Crippen molar-refractivity contribution >= 4 is 30.7 Å². The second kappa shape index (κ2) is 9.85. The van der Waals surface area contributed by atoms with Crippen LogP contribution < -0.4 is 10.6 Å². The van der Waals surface area contributed by atoms with E-state index in [4.69, 9.17) is 4.74 Å². The molecule has 0 unspecified atom stereocenters. The Kier molecular flexibility index (Phi) is 9.81. The van der Waals surface area contributed by atoms with Crippen LogP contribution in [0.4, 0.5) is 0 Å². The number of ether oxygens (including phenoxy) is 1. The summed E-state index contributed by atoms with van der Waals surface area (Å²) in [4.78, 5) is 14.4. The summed E-state index contributed by atoms with van der Waals surface area (Å²) in [5, 5.41) is 6.44. The summed E-state index contributed by atoms with van der Waals surface area (Å²) in [5.41, 5.74) is 0.0581. The van der Waals surface area contributed by atoms with Gasteiger partial charge in [-0.15, -0.1) is 24.8 Å². The maximum absolute atomic E-state index is 12.2. The summed E-state index contributed by atoms with van der Waals surface area (Å²) < 4.78 is 5.45. The van der Waals surface area contributed by atoms with Crippen LogP contribution in [-0.4, -0.2) is 62.8 Å². The molecule has 0 aromatic rings. The number of amides is 1. The Hall–Kier alpha value is -0.0700. The molecule has 126 valence electrons. The topological polar surface area (TPSA) is 53.6 Å². The Balaban J connectivity index is 0.00000200. The molecule has 0 aliphatic carbocycles. The number of halogens is 2. The van der Waals surface area contributed by atoms with E-state index >= 15 is 0 Å². The Morgan fingerprint density at radius 2 is 1.95 bits per heavy atom. The van der Waals surface area contributed by atoms with Gasteiger partial charge in [0.05, 0.1) is 6.04 Å². The van der Waals surface area contributed by atoms with Gasteiger partial charge in [-0.2, -0.15) is 0 Å². The Labute approximate surface area is 140 Å². The first-order chi connectivity index (χ1) is 9.14. The molecule has 1 atom stereocenters. The normalized spacial score (nSPS) is 24.6. The molecule has 2 rings (SSSR count). The van der Waals surface area contributed by atoms with Crippen molar-refractivity contribution in [2.75, 3.05) is 40.4 Å². The first-order valence-electron chi connectivity index (χ1n) is 7.40. The van der Waals surface area contributed by atoms with Crippen LogP contribution in [0.1, 0.15) is 32.1 Å². The lowest BCUT2D eigenvalue weighted by molar-refractivity contribution is -0.124. The molecule has 2 N–H and O–H groups in total. The standard InChI is InChI=1S/C14H27N3O2.2ClH/c1-17(2)14(6-9-19-10-7-14)11-16-13(18)12-5-3-4-8-15-12;;/h12,15H,3-11H2,1-2H3,(H,16,18);2*1H/t12-;;/m1../s1. The third-order valence-electron chi connectivity index (χ3n) is 4.59. The molecule has 2 aliphatic rings. The van der Waals surface area contributed by atoms with Gasteiger partial charge in [-0.25, -0.2) is 0 Å². The minimum Gasteiger partial charge on any atom is -0.381 e. The molecule has 2 aliphatic heterocycles. The number of rotatable bonds is 4. The molecule has 2 heterocycles. The molecule has 0 saturated carbocycles. The van der Waals surface area contributed by atoms with Crippen LogP contribution in [0, 0.1) is 0 Å². The van der Waals surface area contributed by atoms with Crippen molar-refractivity contribution < 1.29 is 9.53 Å². The van der Waals surface area contributed by atoms with Crippen LogP contribution in [0.3, 0.4) is 0 Å². The van der Waals surface area contributed by atoms with Crippen LogP contribution in [0.25, 0.3) is 0 Å². The van der Waals surface area contributed by atoms with Gasteiger partial charge in [0.25, 0.3) is 0 Å². The van der Waals surface area contributed by atoms with Crippen LogP contribution in [0.2, 0.25) is 0 Å². The van der Waals surface area contributed by atoms with E-state index in [0.29, 0.717) is 0 Å². The van der Waals surface area contributed by atoms with Gasteiger partial charge < -0.3 is 20.3 Å². The quantitative estimate of drug-likeness (QED) is 0.806. The van der Waals surface area contributed by atoms with Gasteiger partial charge in [0, 0.05) is 25.3 Å². The lowest BCUT2D eigenvalue weighted by Crippen LogP contribution is -2.58. The van der Waals surface area contributed by atoms with E-state index in [-0.39, 0.29) is 42.3 Å². The highest BCUT2D eigenvalue weighted by Gasteiger charge is 2.35. The summed E-state index contributed by atoms with van der Waals surface area (Å²) in [6, 6.07) is 0.00722. The van der Waals surface area contributed by atoms with Crippen molar-refractivity contribution in [2.45, 2.75) is 43.7 Å². The molecular formula is C14H29Cl2N3O2.